The van der Waals surface area contributed by atoms with Crippen LogP contribution in [0.5, 0.6) is 5.75 Å². The summed E-state index contributed by atoms with van der Waals surface area (Å²) in [6.45, 7) is 0.720. The quantitative estimate of drug-likeness (QED) is 0.892. The van der Waals surface area contributed by atoms with Gasteiger partial charge in [-0.1, -0.05) is 24.3 Å². The molecule has 2 aromatic rings. The van der Waals surface area contributed by atoms with E-state index < -0.39 is 0 Å². The molecule has 3 heteroatoms. The van der Waals surface area contributed by atoms with E-state index in [1.165, 1.54) is 16.8 Å². The molecule has 2 unspecified atom stereocenters. The van der Waals surface area contributed by atoms with Crippen molar-refractivity contribution in [3.05, 3.63) is 59.4 Å². The molecular weight excluding hydrogens is 236 g/mol. The Morgan fingerprint density at radius 2 is 2.05 bits per heavy atom. The summed E-state index contributed by atoms with van der Waals surface area (Å²) in [5.41, 5.74) is 3.87. The topological polar surface area (TPSA) is 34.2 Å². The first-order chi connectivity index (χ1) is 9.42. The number of rotatable bonds is 2. The fraction of sp³-hybridized carbons (Fsp3) is 0.312. The number of nitrogens with one attached hydrogen (secondary N) is 1. The lowest BCUT2D eigenvalue weighted by molar-refractivity contribution is 0.296. The highest BCUT2D eigenvalue weighted by Gasteiger charge is 2.30. The van der Waals surface area contributed by atoms with E-state index in [1.54, 1.807) is 0 Å². The number of ether oxygens (including phenoxy) is 1. The molecule has 0 spiro atoms. The Balaban J connectivity index is 1.58. The van der Waals surface area contributed by atoms with Gasteiger partial charge >= 0.3 is 0 Å². The van der Waals surface area contributed by atoms with Gasteiger partial charge in [0, 0.05) is 11.8 Å². The van der Waals surface area contributed by atoms with E-state index in [1.807, 2.05) is 24.4 Å². The van der Waals surface area contributed by atoms with E-state index in [-0.39, 0.29) is 6.04 Å². The molecule has 0 amide bonds. The number of hydrogen-bond acceptors (Lipinski definition) is 3. The zero-order valence-corrected chi connectivity index (χ0v) is 10.7. The molecule has 0 saturated heterocycles. The van der Waals surface area contributed by atoms with E-state index in [9.17, 15) is 0 Å². The first-order valence-electron chi connectivity index (χ1n) is 6.83. The number of aryl methyl sites for hydroxylation is 1. The monoisotopic (exact) mass is 252 g/mol. The molecule has 3 nitrogen and oxygen atoms in total. The van der Waals surface area contributed by atoms with Gasteiger partial charge in [-0.3, -0.25) is 10.3 Å². The van der Waals surface area contributed by atoms with Crippen LogP contribution in [0.3, 0.4) is 0 Å². The molecule has 0 radical (unpaired) electrons. The third-order valence-corrected chi connectivity index (χ3v) is 4.06. The highest BCUT2D eigenvalue weighted by molar-refractivity contribution is 5.39. The third kappa shape index (κ3) is 1.81. The maximum Gasteiger partial charge on any atom is 0.124 e. The molecule has 1 aliphatic carbocycles. The van der Waals surface area contributed by atoms with Crippen molar-refractivity contribution in [2.24, 2.45) is 0 Å². The molecule has 1 aliphatic heterocycles. The number of nitrogens with zero attached hydrogens (tertiary/aromatic N) is 1. The average Bonchev–Trinajstić information content (AvgIpc) is 3.05. The molecule has 19 heavy (non-hydrogen) atoms. The molecule has 0 bridgehead atoms. The largest absolute Gasteiger partial charge is 0.491 e. The lowest BCUT2D eigenvalue weighted by Crippen LogP contribution is -2.26. The van der Waals surface area contributed by atoms with Gasteiger partial charge in [0.05, 0.1) is 17.8 Å². The summed E-state index contributed by atoms with van der Waals surface area (Å²) in [7, 11) is 0. The Morgan fingerprint density at radius 3 is 3.05 bits per heavy atom. The van der Waals surface area contributed by atoms with Crippen LogP contribution in [0.2, 0.25) is 0 Å². The molecular formula is C16H16N2O. The number of benzene rings is 1. The first-order valence-corrected chi connectivity index (χ1v) is 6.83. The van der Waals surface area contributed by atoms with E-state index in [0.717, 1.165) is 25.2 Å². The zero-order valence-electron chi connectivity index (χ0n) is 10.7. The molecule has 2 heterocycles. The Bertz CT molecular complexity index is 558. The van der Waals surface area contributed by atoms with Gasteiger partial charge in [-0.05, 0) is 30.5 Å². The van der Waals surface area contributed by atoms with Crippen LogP contribution in [0, 0.1) is 0 Å². The molecule has 2 atom stereocenters. The van der Waals surface area contributed by atoms with Crippen LogP contribution in [-0.4, -0.2) is 11.6 Å². The van der Waals surface area contributed by atoms with Gasteiger partial charge in [0.1, 0.15) is 12.4 Å². The lowest BCUT2D eigenvalue weighted by atomic mass is 10.1. The number of hydrogen-bond donors (Lipinski definition) is 1. The fourth-order valence-corrected chi connectivity index (χ4v) is 3.12. The third-order valence-electron chi connectivity index (χ3n) is 4.06. The van der Waals surface area contributed by atoms with Crippen molar-refractivity contribution < 1.29 is 4.74 Å². The predicted octanol–water partition coefficient (Wildman–Crippen LogP) is 2.79. The van der Waals surface area contributed by atoms with Crippen molar-refractivity contribution in [2.75, 3.05) is 6.61 Å². The van der Waals surface area contributed by atoms with Gasteiger partial charge in [-0.2, -0.15) is 0 Å². The average molecular weight is 252 g/mol. The minimum Gasteiger partial charge on any atom is -0.491 e. The van der Waals surface area contributed by atoms with Crippen LogP contribution in [0.1, 0.15) is 35.3 Å². The molecule has 1 aromatic heterocycles. The standard InChI is InChI=1S/C16H16N2O/c1-2-6-15-12(5-1)14(10-19-15)18-13-8-7-11-4-3-9-17-16(11)13/h1-6,9,13-14,18H,7-8,10H2. The predicted molar refractivity (Wildman–Crippen MR) is 73.1 cm³/mol. The number of fused-ring (bicyclic) bond motifs is 2. The fourth-order valence-electron chi connectivity index (χ4n) is 3.12. The summed E-state index contributed by atoms with van der Waals surface area (Å²) in [6, 6.07) is 13.1. The van der Waals surface area contributed by atoms with Gasteiger partial charge in [-0.25, -0.2) is 0 Å². The second-order valence-electron chi connectivity index (χ2n) is 5.21. The summed E-state index contributed by atoms with van der Waals surface area (Å²) in [4.78, 5) is 4.54. The van der Waals surface area contributed by atoms with Crippen molar-refractivity contribution in [1.29, 1.82) is 0 Å². The van der Waals surface area contributed by atoms with Gasteiger partial charge in [0.15, 0.2) is 0 Å². The van der Waals surface area contributed by atoms with Gasteiger partial charge in [-0.15, -0.1) is 0 Å². The highest BCUT2D eigenvalue weighted by atomic mass is 16.5. The lowest BCUT2D eigenvalue weighted by Gasteiger charge is -2.18. The van der Waals surface area contributed by atoms with Crippen molar-refractivity contribution in [3.63, 3.8) is 0 Å². The van der Waals surface area contributed by atoms with Crippen molar-refractivity contribution in [2.45, 2.75) is 24.9 Å². The highest BCUT2D eigenvalue weighted by Crippen LogP contribution is 2.36. The molecule has 2 aliphatic rings. The Hall–Kier alpha value is -1.87. The summed E-state index contributed by atoms with van der Waals surface area (Å²) >= 11 is 0. The van der Waals surface area contributed by atoms with Crippen molar-refractivity contribution in [1.82, 2.24) is 10.3 Å². The SMILES string of the molecule is c1cnc2c(c1)CCC2NC1COc2ccccc21. The van der Waals surface area contributed by atoms with E-state index in [4.69, 9.17) is 4.74 Å². The minimum absolute atomic E-state index is 0.286. The molecule has 0 fully saturated rings. The minimum atomic E-state index is 0.286. The van der Waals surface area contributed by atoms with Crippen LogP contribution >= 0.6 is 0 Å². The zero-order chi connectivity index (χ0) is 12.7. The Kier molecular flexibility index (Phi) is 2.52. The van der Waals surface area contributed by atoms with Gasteiger partial charge in [0.25, 0.3) is 0 Å². The summed E-state index contributed by atoms with van der Waals surface area (Å²) < 4.78 is 5.73. The first kappa shape index (κ1) is 11.0. The molecule has 4 rings (SSSR count). The van der Waals surface area contributed by atoms with Gasteiger partial charge in [0.2, 0.25) is 0 Å². The Labute approximate surface area is 112 Å². The molecule has 0 saturated carbocycles. The number of pyridine rings is 1. The van der Waals surface area contributed by atoms with Crippen LogP contribution < -0.4 is 10.1 Å². The van der Waals surface area contributed by atoms with Crippen LogP contribution in [0.25, 0.3) is 0 Å². The molecule has 96 valence electrons. The van der Waals surface area contributed by atoms with Crippen LogP contribution in [0.4, 0.5) is 0 Å². The normalized spacial score (nSPS) is 23.8. The molecule has 1 N–H and O–H groups in total. The maximum absolute atomic E-state index is 5.73. The summed E-state index contributed by atoms with van der Waals surface area (Å²) in [5, 5.41) is 3.70. The van der Waals surface area contributed by atoms with E-state index in [2.05, 4.69) is 28.5 Å². The summed E-state index contributed by atoms with van der Waals surface area (Å²) in [6.07, 6.45) is 4.14. The van der Waals surface area contributed by atoms with Crippen molar-refractivity contribution in [3.8, 4) is 5.75 Å². The number of aromatic nitrogens is 1. The molecule has 1 aromatic carbocycles. The van der Waals surface area contributed by atoms with E-state index in [0.29, 0.717) is 6.04 Å². The maximum atomic E-state index is 5.73. The Morgan fingerprint density at radius 1 is 1.11 bits per heavy atom. The van der Waals surface area contributed by atoms with Crippen LogP contribution in [0.15, 0.2) is 42.6 Å². The number of para-hydroxylation sites is 1. The summed E-state index contributed by atoms with van der Waals surface area (Å²) in [5.74, 6) is 1.01. The van der Waals surface area contributed by atoms with E-state index >= 15 is 0 Å². The van der Waals surface area contributed by atoms with Crippen LogP contribution in [-0.2, 0) is 6.42 Å². The van der Waals surface area contributed by atoms with Gasteiger partial charge < -0.3 is 4.74 Å². The second kappa shape index (κ2) is 4.35. The smallest absolute Gasteiger partial charge is 0.124 e. The second-order valence-corrected chi connectivity index (χ2v) is 5.21. The van der Waals surface area contributed by atoms with Crippen molar-refractivity contribution >= 4 is 0 Å².